The summed E-state index contributed by atoms with van der Waals surface area (Å²) in [5.41, 5.74) is 7.11. The van der Waals surface area contributed by atoms with Gasteiger partial charge in [0.15, 0.2) is 5.78 Å². The first-order valence-corrected chi connectivity index (χ1v) is 17.3. The molecule has 277 valence electrons. The fourth-order valence-corrected chi connectivity index (χ4v) is 9.74. The molecule has 14 nitrogen and oxygen atoms in total. The van der Waals surface area contributed by atoms with Gasteiger partial charge in [0.05, 0.1) is 49.0 Å². The van der Waals surface area contributed by atoms with E-state index >= 15 is 0 Å². The molecule has 2 bridgehead atoms. The monoisotopic (exact) mass is 710 g/mol. The number of hydrogen-bond acceptors (Lipinski definition) is 14. The minimum atomic E-state index is -1.78. The number of benzene rings is 1. The zero-order valence-electron chi connectivity index (χ0n) is 29.9. The first-order chi connectivity index (χ1) is 23.9. The lowest BCUT2D eigenvalue weighted by Crippen LogP contribution is -2.75. The Morgan fingerprint density at radius 2 is 1.75 bits per heavy atom. The van der Waals surface area contributed by atoms with E-state index in [9.17, 15) is 34.2 Å². The van der Waals surface area contributed by atoms with Crippen LogP contribution in [0.25, 0.3) is 0 Å². The molecule has 1 saturated heterocycles. The largest absolute Gasteiger partial charge is 0.460 e. The number of ether oxygens (including phenoxy) is 4. The fourth-order valence-electron chi connectivity index (χ4n) is 9.74. The molecule has 11 atom stereocenters. The van der Waals surface area contributed by atoms with Crippen LogP contribution in [0.3, 0.4) is 0 Å². The maximum absolute atomic E-state index is 14.8. The lowest BCUT2D eigenvalue weighted by atomic mass is 9.40. The molecule has 0 amide bonds. The Labute approximate surface area is 298 Å². The maximum atomic E-state index is 14.8. The Kier molecular flexibility index (Phi) is 10.8. The van der Waals surface area contributed by atoms with Crippen LogP contribution in [0.2, 0.25) is 0 Å². The number of nitrogens with two attached hydrogens (primary N) is 2. The summed E-state index contributed by atoms with van der Waals surface area (Å²) >= 11 is 0. The molecule has 1 heterocycles. The van der Waals surface area contributed by atoms with E-state index in [-0.39, 0.29) is 25.0 Å². The van der Waals surface area contributed by atoms with E-state index < -0.39 is 107 Å². The van der Waals surface area contributed by atoms with Crippen LogP contribution in [0.4, 0.5) is 0 Å². The molecule has 4 aliphatic rings. The first-order valence-electron chi connectivity index (χ1n) is 17.3. The molecule has 0 aromatic heterocycles. The first kappa shape index (κ1) is 38.8. The summed E-state index contributed by atoms with van der Waals surface area (Å²) in [4.78, 5) is 65.4. The topological polar surface area (TPSA) is 227 Å². The summed E-state index contributed by atoms with van der Waals surface area (Å²) in [6.45, 7) is 9.94. The van der Waals surface area contributed by atoms with Gasteiger partial charge in [-0.2, -0.15) is 0 Å². The number of hydrogen-bond donors (Lipinski definition) is 5. The maximum Gasteiger partial charge on any atom is 0.350 e. The third-order valence-electron chi connectivity index (χ3n) is 12.4. The number of aliphatic hydroxyl groups is 2. The zero-order valence-corrected chi connectivity index (χ0v) is 29.9. The summed E-state index contributed by atoms with van der Waals surface area (Å²) in [5.74, 6) is -4.59. The van der Waals surface area contributed by atoms with Gasteiger partial charge in [-0.3, -0.25) is 14.4 Å². The van der Waals surface area contributed by atoms with Crippen molar-refractivity contribution in [1.82, 2.24) is 5.23 Å². The number of Topliss-reactive ketones (excluding diaryl/α,β-unsaturated/α-hetero) is 1. The smallest absolute Gasteiger partial charge is 0.350 e. The van der Waals surface area contributed by atoms with Gasteiger partial charge in [-0.05, 0) is 42.4 Å². The van der Waals surface area contributed by atoms with E-state index in [1.165, 1.54) is 0 Å². The predicted octanol–water partition coefficient (Wildman–Crippen LogP) is 0.268. The standard InChI is InChI=1S/C36H49BN3O11/c1-18-21(49-32(46)29(51-25(43)15-39)27(40-37-17-41)20-10-8-7-9-11-20)13-36(47)19(2)30-34(5)16-48-22(34)12-23(50-24(42)14-38)35(30,6)31(45)28(44)26(18)33(36,3)4/h7-11,17,19,21-23,27-30,40,44,47H,12-16,38-39H2,1-6H3/t19-,21-,22+,23-,27-,28+,29+,30+,34+,35+,36+/m0/s1. The van der Waals surface area contributed by atoms with E-state index in [2.05, 4.69) is 5.23 Å². The van der Waals surface area contributed by atoms with Gasteiger partial charge in [0.2, 0.25) is 6.10 Å². The Morgan fingerprint density at radius 3 is 2.31 bits per heavy atom. The van der Waals surface area contributed by atoms with Gasteiger partial charge < -0.3 is 50.7 Å². The molecule has 1 aromatic rings. The average molecular weight is 711 g/mol. The summed E-state index contributed by atoms with van der Waals surface area (Å²) < 4.78 is 23.4. The van der Waals surface area contributed by atoms with Crippen molar-refractivity contribution in [3.8, 4) is 0 Å². The molecule has 15 heteroatoms. The van der Waals surface area contributed by atoms with Crippen LogP contribution in [0.1, 0.15) is 66.0 Å². The summed E-state index contributed by atoms with van der Waals surface area (Å²) in [6.07, 6.45) is -5.45. The van der Waals surface area contributed by atoms with E-state index in [0.717, 1.165) is 7.41 Å². The molecule has 1 aliphatic heterocycles. The van der Waals surface area contributed by atoms with Gasteiger partial charge in [-0.25, -0.2) is 4.79 Å². The van der Waals surface area contributed by atoms with Crippen molar-refractivity contribution in [2.45, 2.75) is 96.5 Å². The van der Waals surface area contributed by atoms with Crippen LogP contribution in [0.15, 0.2) is 41.5 Å². The molecule has 3 aliphatic carbocycles. The molecule has 0 unspecified atom stereocenters. The van der Waals surface area contributed by atoms with E-state index in [0.29, 0.717) is 17.3 Å². The molecular formula is C36H49BN3O11. The third kappa shape index (κ3) is 6.15. The number of aliphatic hydroxyl groups excluding tert-OH is 1. The predicted molar refractivity (Wildman–Crippen MR) is 183 cm³/mol. The quantitative estimate of drug-likeness (QED) is 0.0683. The summed E-state index contributed by atoms with van der Waals surface area (Å²) in [6, 6.07) is 7.44. The molecular weight excluding hydrogens is 661 g/mol. The normalized spacial score (nSPS) is 36.5. The second-order valence-electron chi connectivity index (χ2n) is 15.3. The minimum absolute atomic E-state index is 0.147. The highest BCUT2D eigenvalue weighted by Gasteiger charge is 2.73. The Bertz CT molecular complexity index is 1590. The number of ketones is 1. The second kappa shape index (κ2) is 14.2. The van der Waals surface area contributed by atoms with Gasteiger partial charge >= 0.3 is 17.9 Å². The van der Waals surface area contributed by atoms with Crippen molar-refractivity contribution < 1.29 is 53.1 Å². The minimum Gasteiger partial charge on any atom is -0.460 e. The highest BCUT2D eigenvalue weighted by molar-refractivity contribution is 6.64. The van der Waals surface area contributed by atoms with Crippen molar-refractivity contribution in [3.05, 3.63) is 47.0 Å². The molecule has 3 fully saturated rings. The van der Waals surface area contributed by atoms with E-state index in [4.69, 9.17) is 30.4 Å². The lowest BCUT2D eigenvalue weighted by molar-refractivity contribution is -0.303. The van der Waals surface area contributed by atoms with Crippen LogP contribution in [0, 0.1) is 28.1 Å². The van der Waals surface area contributed by atoms with Gasteiger partial charge in [0.1, 0.15) is 18.3 Å². The van der Waals surface area contributed by atoms with Crippen molar-refractivity contribution >= 4 is 37.3 Å². The van der Waals surface area contributed by atoms with Gasteiger partial charge in [0, 0.05) is 23.7 Å². The second-order valence-corrected chi connectivity index (χ2v) is 15.3. The zero-order chi connectivity index (χ0) is 37.7. The van der Waals surface area contributed by atoms with E-state index in [1.807, 2.05) is 13.8 Å². The van der Waals surface area contributed by atoms with Crippen LogP contribution in [-0.4, -0.2) is 103 Å². The Balaban J connectivity index is 1.61. The molecule has 1 radical (unpaired) electrons. The average Bonchev–Trinajstić information content (AvgIpc) is 3.09. The molecule has 5 rings (SSSR count). The molecule has 51 heavy (non-hydrogen) atoms. The van der Waals surface area contributed by atoms with Gasteiger partial charge in [0.25, 0.3) is 7.41 Å². The number of carbonyl (C=O) groups excluding carboxylic acids is 5. The Morgan fingerprint density at radius 1 is 1.10 bits per heavy atom. The summed E-state index contributed by atoms with van der Waals surface area (Å²) in [5, 5.41) is 28.0. The van der Waals surface area contributed by atoms with Gasteiger partial charge in [-0.15, -0.1) is 0 Å². The summed E-state index contributed by atoms with van der Waals surface area (Å²) in [7, 11) is 1.06. The van der Waals surface area contributed by atoms with Crippen LogP contribution in [-0.2, 0) is 42.9 Å². The van der Waals surface area contributed by atoms with Crippen molar-refractivity contribution in [2.24, 2.45) is 39.5 Å². The van der Waals surface area contributed by atoms with Crippen molar-refractivity contribution in [1.29, 1.82) is 0 Å². The van der Waals surface area contributed by atoms with Crippen LogP contribution in [0.5, 0.6) is 0 Å². The van der Waals surface area contributed by atoms with Crippen molar-refractivity contribution in [3.63, 3.8) is 0 Å². The number of rotatable bonds is 11. The number of carbonyl (C=O) groups is 5. The Hall–Kier alpha value is -3.47. The highest BCUT2D eigenvalue weighted by atomic mass is 16.6. The number of nitrogens with one attached hydrogen (secondary N) is 1. The van der Waals surface area contributed by atoms with Crippen LogP contribution < -0.4 is 16.7 Å². The van der Waals surface area contributed by atoms with Crippen molar-refractivity contribution in [2.75, 3.05) is 19.7 Å². The highest BCUT2D eigenvalue weighted by Crippen LogP contribution is 2.67. The molecule has 2 saturated carbocycles. The lowest BCUT2D eigenvalue weighted by Gasteiger charge is -2.68. The number of esters is 3. The third-order valence-corrected chi connectivity index (χ3v) is 12.4. The fraction of sp³-hybridized carbons (Fsp3) is 0.639. The van der Waals surface area contributed by atoms with E-state index in [1.54, 1.807) is 58.0 Å². The van der Waals surface area contributed by atoms with Gasteiger partial charge in [-0.1, -0.05) is 58.0 Å². The SMILES string of the molecule is CC1=C2[C@@H](O)C(=O)[C@]3(C)[C@@H](OC(=O)CN)C[C@H]4OC[C@@]4(C)[C@H]3[C@H](C)[C@](O)(C[C@@H]1OC(=O)[C@H](OC(=O)CN)[C@@H](N[B]C=O)c1ccccc1)C2(C)C. The van der Waals surface area contributed by atoms with Crippen LogP contribution >= 0.6 is 0 Å². The molecule has 1 aromatic carbocycles. The molecule has 7 N–H and O–H groups in total. The molecule has 0 spiro atoms. The number of fused-ring (bicyclic) bond motifs is 5.